The normalized spacial score (nSPS) is 57.0. The molecule has 0 aromatic rings. The molecular weight excluding hydrogens is 540 g/mol. The molecule has 0 aromatic carbocycles. The van der Waals surface area contributed by atoms with Crippen molar-refractivity contribution in [3.05, 3.63) is 0 Å². The fourth-order valence-electron chi connectivity index (χ4n) is 19.2. The van der Waals surface area contributed by atoms with Crippen molar-refractivity contribution in [2.24, 2.45) is 117 Å². The molecule has 10 aliphatic rings. The van der Waals surface area contributed by atoms with Gasteiger partial charge in [-0.15, -0.1) is 0 Å². The standard InChI is InChI=1S/C45H72/c1-43(2,3)30-23-27-22-26-18-20-34-31-14-9-10-15-33(31)39-36-24-29(44(4,5)28-12-7-6-8-13-28)19-21-38(36)45(42(26)40(34)39)37-17-11-16-32(37)35(25-30)41(27)45/h26-42H,6-25H2,1-5H3. The third kappa shape index (κ3) is 3.90. The van der Waals surface area contributed by atoms with Crippen LogP contribution in [0.3, 0.4) is 0 Å². The van der Waals surface area contributed by atoms with Crippen molar-refractivity contribution in [3.8, 4) is 0 Å². The van der Waals surface area contributed by atoms with Crippen molar-refractivity contribution >= 4 is 0 Å². The van der Waals surface area contributed by atoms with E-state index >= 15 is 0 Å². The van der Waals surface area contributed by atoms with Gasteiger partial charge < -0.3 is 0 Å². The Morgan fingerprint density at radius 3 is 1.89 bits per heavy atom. The first-order valence-electron chi connectivity index (χ1n) is 21.7. The molecular formula is C45H72. The second-order valence-electron chi connectivity index (χ2n) is 22.2. The first-order chi connectivity index (χ1) is 21.7. The van der Waals surface area contributed by atoms with E-state index in [0.29, 0.717) is 10.8 Å². The van der Waals surface area contributed by atoms with Gasteiger partial charge in [0, 0.05) is 0 Å². The molecule has 0 bridgehead atoms. The molecule has 0 nitrogen and oxygen atoms in total. The summed E-state index contributed by atoms with van der Waals surface area (Å²) < 4.78 is 0. The smallest absolute Gasteiger partial charge is 0.0168 e. The van der Waals surface area contributed by atoms with E-state index in [2.05, 4.69) is 34.6 Å². The predicted octanol–water partition coefficient (Wildman–Crippen LogP) is 12.5. The van der Waals surface area contributed by atoms with Crippen LogP contribution in [0.2, 0.25) is 0 Å². The number of fused-ring (bicyclic) bond motifs is 7. The zero-order valence-electron chi connectivity index (χ0n) is 30.5. The van der Waals surface area contributed by atoms with Crippen LogP contribution in [-0.4, -0.2) is 0 Å². The third-order valence-corrected chi connectivity index (χ3v) is 20.3. The molecule has 10 rings (SSSR count). The molecule has 1 spiro atoms. The zero-order chi connectivity index (χ0) is 30.5. The maximum Gasteiger partial charge on any atom is -0.0168 e. The summed E-state index contributed by atoms with van der Waals surface area (Å²) in [5, 5.41) is 0. The van der Waals surface area contributed by atoms with Crippen LogP contribution < -0.4 is 0 Å². The zero-order valence-corrected chi connectivity index (χ0v) is 30.5. The van der Waals surface area contributed by atoms with Crippen molar-refractivity contribution in [1.29, 1.82) is 0 Å². The number of rotatable bonds is 2. The Labute approximate surface area is 279 Å². The fraction of sp³-hybridized carbons (Fsp3) is 1.00. The van der Waals surface area contributed by atoms with E-state index in [1.54, 1.807) is 109 Å². The van der Waals surface area contributed by atoms with Crippen molar-refractivity contribution in [3.63, 3.8) is 0 Å². The minimum absolute atomic E-state index is 0.507. The van der Waals surface area contributed by atoms with E-state index in [1.165, 1.54) is 25.2 Å². The lowest BCUT2D eigenvalue weighted by atomic mass is 9.33. The Bertz CT molecular complexity index is 1130. The summed E-state index contributed by atoms with van der Waals surface area (Å²) in [7, 11) is 0. The first-order valence-corrected chi connectivity index (χ1v) is 21.7. The van der Waals surface area contributed by atoms with Crippen LogP contribution in [0, 0.1) is 117 Å². The van der Waals surface area contributed by atoms with E-state index in [4.69, 9.17) is 0 Å². The van der Waals surface area contributed by atoms with Crippen LogP contribution in [0.4, 0.5) is 0 Å². The molecule has 0 heteroatoms. The monoisotopic (exact) mass is 613 g/mol. The van der Waals surface area contributed by atoms with Gasteiger partial charge in [-0.25, -0.2) is 0 Å². The van der Waals surface area contributed by atoms with Crippen LogP contribution >= 0.6 is 0 Å². The van der Waals surface area contributed by atoms with Crippen molar-refractivity contribution < 1.29 is 0 Å². The van der Waals surface area contributed by atoms with Crippen LogP contribution in [-0.2, 0) is 0 Å². The highest BCUT2D eigenvalue weighted by molar-refractivity contribution is 5.26. The Balaban J connectivity index is 1.11. The summed E-state index contributed by atoms with van der Waals surface area (Å²) >= 11 is 0. The van der Waals surface area contributed by atoms with Gasteiger partial charge >= 0.3 is 0 Å². The van der Waals surface area contributed by atoms with Gasteiger partial charge in [0.15, 0.2) is 0 Å². The van der Waals surface area contributed by atoms with Gasteiger partial charge in [0.2, 0.25) is 0 Å². The molecule has 0 aromatic heterocycles. The molecule has 10 saturated carbocycles. The topological polar surface area (TPSA) is 0 Å². The van der Waals surface area contributed by atoms with E-state index in [0.717, 1.165) is 100 Å². The summed E-state index contributed by atoms with van der Waals surface area (Å²) in [6.45, 7) is 13.5. The maximum atomic E-state index is 2.80. The molecule has 0 heterocycles. The Morgan fingerprint density at radius 1 is 0.400 bits per heavy atom. The molecule has 0 aliphatic heterocycles. The average Bonchev–Trinajstić information content (AvgIpc) is 3.73. The van der Waals surface area contributed by atoms with E-state index in [1.807, 2.05) is 0 Å². The molecule has 17 unspecified atom stereocenters. The van der Waals surface area contributed by atoms with Gasteiger partial charge in [0.1, 0.15) is 0 Å². The van der Waals surface area contributed by atoms with E-state index in [-0.39, 0.29) is 0 Å². The lowest BCUT2D eigenvalue weighted by Crippen LogP contribution is -2.67. The largest absolute Gasteiger partial charge is 0.0599 e. The minimum atomic E-state index is 0.507. The Morgan fingerprint density at radius 2 is 1.09 bits per heavy atom. The average molecular weight is 613 g/mol. The van der Waals surface area contributed by atoms with Gasteiger partial charge in [-0.1, -0.05) is 73.1 Å². The van der Waals surface area contributed by atoms with Crippen LogP contribution in [0.1, 0.15) is 163 Å². The number of hydrogen-bond donors (Lipinski definition) is 0. The highest BCUT2D eigenvalue weighted by atomic mass is 14.8. The number of hydrogen-bond acceptors (Lipinski definition) is 0. The SMILES string of the molecule is CC(C)(C)C1CC2CC3CCC4C5CCCCC5C5C6CC(C(C)(C)C7CCCCC7)CCC6C6(C7CCCC7C(C1)C26)C3C45. The minimum Gasteiger partial charge on any atom is -0.0599 e. The second-order valence-corrected chi connectivity index (χ2v) is 22.2. The van der Waals surface area contributed by atoms with Crippen molar-refractivity contribution in [1.82, 2.24) is 0 Å². The molecule has 0 N–H and O–H groups in total. The second kappa shape index (κ2) is 10.3. The Kier molecular flexibility index (Phi) is 6.82. The Hall–Kier alpha value is 0. The first kappa shape index (κ1) is 29.9. The molecule has 17 atom stereocenters. The van der Waals surface area contributed by atoms with Crippen LogP contribution in [0.25, 0.3) is 0 Å². The highest BCUT2D eigenvalue weighted by Gasteiger charge is 2.78. The maximum absolute atomic E-state index is 2.80. The van der Waals surface area contributed by atoms with Gasteiger partial charge in [0.25, 0.3) is 0 Å². The van der Waals surface area contributed by atoms with Gasteiger partial charge in [-0.3, -0.25) is 0 Å². The molecule has 0 saturated heterocycles. The van der Waals surface area contributed by atoms with Gasteiger partial charge in [-0.05, 0) is 207 Å². The van der Waals surface area contributed by atoms with Gasteiger partial charge in [0.05, 0.1) is 0 Å². The summed E-state index contributed by atoms with van der Waals surface area (Å²) in [4.78, 5) is 0. The third-order valence-electron chi connectivity index (χ3n) is 20.3. The van der Waals surface area contributed by atoms with Gasteiger partial charge in [-0.2, -0.15) is 0 Å². The molecule has 0 amide bonds. The van der Waals surface area contributed by atoms with E-state index < -0.39 is 0 Å². The molecule has 252 valence electrons. The molecule has 45 heavy (non-hydrogen) atoms. The fourth-order valence-corrected chi connectivity index (χ4v) is 19.2. The predicted molar refractivity (Wildman–Crippen MR) is 187 cm³/mol. The molecule has 10 fully saturated rings. The summed E-state index contributed by atoms with van der Waals surface area (Å²) in [6, 6.07) is 0. The molecule has 0 radical (unpaired) electrons. The van der Waals surface area contributed by atoms with Crippen LogP contribution in [0.5, 0.6) is 0 Å². The lowest BCUT2D eigenvalue weighted by Gasteiger charge is -2.72. The summed E-state index contributed by atoms with van der Waals surface area (Å²) in [5.74, 6) is 18.9. The molecule has 10 aliphatic carbocycles. The highest BCUT2D eigenvalue weighted by Crippen LogP contribution is 2.84. The lowest BCUT2D eigenvalue weighted by molar-refractivity contribution is -0.242. The van der Waals surface area contributed by atoms with Crippen molar-refractivity contribution in [2.45, 2.75) is 163 Å². The van der Waals surface area contributed by atoms with E-state index in [9.17, 15) is 0 Å². The summed E-state index contributed by atoms with van der Waals surface area (Å²) in [5.41, 5.74) is 1.86. The van der Waals surface area contributed by atoms with Crippen LogP contribution in [0.15, 0.2) is 0 Å². The summed E-state index contributed by atoms with van der Waals surface area (Å²) in [6.07, 6.45) is 32.2. The van der Waals surface area contributed by atoms with Crippen molar-refractivity contribution in [2.75, 3.05) is 0 Å². The quantitative estimate of drug-likeness (QED) is 0.291.